The number of pyridine rings is 1. The monoisotopic (exact) mass is 443 g/mol. The molecular formula is C28H29NO4. The summed E-state index contributed by atoms with van der Waals surface area (Å²) >= 11 is 0. The largest absolute Gasteiger partial charge is 0.481 e. The molecule has 1 heterocycles. The van der Waals surface area contributed by atoms with E-state index in [9.17, 15) is 15.0 Å². The van der Waals surface area contributed by atoms with Gasteiger partial charge in [-0.3, -0.25) is 9.78 Å². The molecule has 2 aromatic carbocycles. The lowest BCUT2D eigenvalue weighted by Crippen LogP contribution is -2.19. The molecule has 0 saturated heterocycles. The fraction of sp³-hybridized carbons (Fsp3) is 0.286. The van der Waals surface area contributed by atoms with E-state index in [1.54, 1.807) is 6.08 Å². The van der Waals surface area contributed by atoms with E-state index in [0.717, 1.165) is 47.3 Å². The maximum atomic E-state index is 10.8. The van der Waals surface area contributed by atoms with Crippen LogP contribution in [-0.4, -0.2) is 38.5 Å². The van der Waals surface area contributed by atoms with Gasteiger partial charge in [-0.2, -0.15) is 0 Å². The van der Waals surface area contributed by atoms with Crippen molar-refractivity contribution in [3.05, 3.63) is 83.1 Å². The van der Waals surface area contributed by atoms with Crippen LogP contribution < -0.4 is 0 Å². The Kier molecular flexibility index (Phi) is 7.02. The van der Waals surface area contributed by atoms with Crippen LogP contribution in [0.2, 0.25) is 0 Å². The standard InChI is InChI=1S/C28H29NO4/c1-18-23(15-14-21(30)16-22(31)17-26(32)33)27(20-9-3-2-4-10-20)25-13-7-11-19-8-5-6-12-24(19)28(25)29-18/h2-6,8-10,12,14-15,21-22,30-31H,7,11,13,16-17H2,1H3,(H,32,33)/b15-14+/t21-,22-/m1/s1. The molecule has 0 amide bonds. The van der Waals surface area contributed by atoms with Crippen LogP contribution in [0, 0.1) is 6.92 Å². The Hall–Kier alpha value is -3.28. The molecule has 170 valence electrons. The maximum Gasteiger partial charge on any atom is 0.305 e. The molecule has 0 unspecified atom stereocenters. The summed E-state index contributed by atoms with van der Waals surface area (Å²) in [6, 6.07) is 18.7. The number of aryl methyl sites for hydroxylation is 2. The molecule has 0 saturated carbocycles. The fourth-order valence-corrected chi connectivity index (χ4v) is 4.64. The molecule has 5 heteroatoms. The molecule has 0 aliphatic heterocycles. The minimum atomic E-state index is -1.10. The number of benzene rings is 2. The van der Waals surface area contributed by atoms with Crippen molar-refractivity contribution in [1.82, 2.24) is 4.98 Å². The first-order valence-electron chi connectivity index (χ1n) is 11.4. The topological polar surface area (TPSA) is 90.7 Å². The number of aromatic nitrogens is 1. The summed E-state index contributed by atoms with van der Waals surface area (Å²) < 4.78 is 0. The molecule has 5 nitrogen and oxygen atoms in total. The number of fused-ring (bicyclic) bond motifs is 3. The molecule has 0 radical (unpaired) electrons. The summed E-state index contributed by atoms with van der Waals surface area (Å²) in [4.78, 5) is 15.8. The van der Waals surface area contributed by atoms with Crippen LogP contribution in [0.25, 0.3) is 28.5 Å². The van der Waals surface area contributed by atoms with Gasteiger partial charge in [0.2, 0.25) is 0 Å². The molecular weight excluding hydrogens is 414 g/mol. The number of nitrogens with zero attached hydrogens (tertiary/aromatic N) is 1. The van der Waals surface area contributed by atoms with Crippen LogP contribution in [0.1, 0.15) is 41.6 Å². The average molecular weight is 444 g/mol. The zero-order chi connectivity index (χ0) is 23.4. The number of aliphatic hydroxyl groups is 2. The Morgan fingerprint density at radius 2 is 1.79 bits per heavy atom. The van der Waals surface area contributed by atoms with E-state index in [1.165, 1.54) is 16.7 Å². The van der Waals surface area contributed by atoms with E-state index in [-0.39, 0.29) is 12.8 Å². The summed E-state index contributed by atoms with van der Waals surface area (Å²) in [5, 5.41) is 29.1. The number of hydrogen-bond acceptors (Lipinski definition) is 4. The Morgan fingerprint density at radius 3 is 2.55 bits per heavy atom. The lowest BCUT2D eigenvalue weighted by Gasteiger charge is -2.19. The summed E-state index contributed by atoms with van der Waals surface area (Å²) in [5.41, 5.74) is 8.73. The third-order valence-corrected chi connectivity index (χ3v) is 6.14. The number of carboxylic acid groups (broad SMARTS) is 1. The van der Waals surface area contributed by atoms with Crippen molar-refractivity contribution in [1.29, 1.82) is 0 Å². The first-order chi connectivity index (χ1) is 15.9. The molecule has 0 fully saturated rings. The minimum absolute atomic E-state index is 0.0335. The molecule has 1 aromatic heterocycles. The van der Waals surface area contributed by atoms with E-state index >= 15 is 0 Å². The molecule has 1 aliphatic carbocycles. The smallest absolute Gasteiger partial charge is 0.305 e. The second-order valence-electron chi connectivity index (χ2n) is 8.60. The average Bonchev–Trinajstić information content (AvgIpc) is 2.96. The van der Waals surface area contributed by atoms with Gasteiger partial charge in [0.25, 0.3) is 0 Å². The van der Waals surface area contributed by atoms with Crippen molar-refractivity contribution in [2.24, 2.45) is 0 Å². The van der Waals surface area contributed by atoms with Crippen molar-refractivity contribution in [3.8, 4) is 22.4 Å². The van der Waals surface area contributed by atoms with Crippen LogP contribution in [0.5, 0.6) is 0 Å². The first-order valence-corrected chi connectivity index (χ1v) is 11.4. The summed E-state index contributed by atoms with van der Waals surface area (Å²) in [7, 11) is 0. The number of hydrogen-bond donors (Lipinski definition) is 3. The van der Waals surface area contributed by atoms with Gasteiger partial charge in [-0.15, -0.1) is 0 Å². The third-order valence-electron chi connectivity index (χ3n) is 6.14. The minimum Gasteiger partial charge on any atom is -0.481 e. The van der Waals surface area contributed by atoms with Crippen LogP contribution in [0.3, 0.4) is 0 Å². The summed E-state index contributed by atoms with van der Waals surface area (Å²) in [6.07, 6.45) is 3.95. The Labute approximate surface area is 194 Å². The second kappa shape index (κ2) is 10.1. The van der Waals surface area contributed by atoms with Crippen molar-refractivity contribution in [3.63, 3.8) is 0 Å². The van der Waals surface area contributed by atoms with Gasteiger partial charge in [-0.05, 0) is 48.4 Å². The molecule has 3 aromatic rings. The zero-order valence-electron chi connectivity index (χ0n) is 18.7. The van der Waals surface area contributed by atoms with E-state index < -0.39 is 18.2 Å². The number of rotatable bonds is 7. The quantitative estimate of drug-likeness (QED) is 0.487. The van der Waals surface area contributed by atoms with Gasteiger partial charge >= 0.3 is 5.97 Å². The highest BCUT2D eigenvalue weighted by Gasteiger charge is 2.23. The maximum absolute atomic E-state index is 10.8. The first kappa shape index (κ1) is 22.9. The molecule has 0 bridgehead atoms. The number of carboxylic acids is 1. The predicted molar refractivity (Wildman–Crippen MR) is 130 cm³/mol. The summed E-state index contributed by atoms with van der Waals surface area (Å²) in [5.74, 6) is -1.09. The molecule has 3 N–H and O–H groups in total. The van der Waals surface area contributed by atoms with E-state index in [4.69, 9.17) is 10.1 Å². The number of carbonyl (C=O) groups is 1. The molecule has 33 heavy (non-hydrogen) atoms. The number of aliphatic carboxylic acids is 1. The molecule has 1 aliphatic rings. The summed E-state index contributed by atoms with van der Waals surface area (Å²) in [6.45, 7) is 1.98. The van der Waals surface area contributed by atoms with Gasteiger partial charge in [-0.1, -0.05) is 66.7 Å². The van der Waals surface area contributed by atoms with Crippen molar-refractivity contribution in [2.75, 3.05) is 0 Å². The molecule has 0 spiro atoms. The highest BCUT2D eigenvalue weighted by molar-refractivity contribution is 5.85. The lowest BCUT2D eigenvalue weighted by atomic mass is 9.89. The van der Waals surface area contributed by atoms with E-state index in [0.29, 0.717) is 0 Å². The Bertz CT molecular complexity index is 1170. The van der Waals surface area contributed by atoms with Gasteiger partial charge in [-0.25, -0.2) is 0 Å². The van der Waals surface area contributed by atoms with Gasteiger partial charge in [0.05, 0.1) is 24.3 Å². The highest BCUT2D eigenvalue weighted by Crippen LogP contribution is 2.40. The van der Waals surface area contributed by atoms with Crippen molar-refractivity contribution in [2.45, 2.75) is 51.2 Å². The second-order valence-corrected chi connectivity index (χ2v) is 8.60. The Morgan fingerprint density at radius 1 is 1.06 bits per heavy atom. The normalized spacial score (nSPS) is 14.9. The van der Waals surface area contributed by atoms with Crippen LogP contribution in [0.15, 0.2) is 60.7 Å². The lowest BCUT2D eigenvalue weighted by molar-refractivity contribution is -0.139. The van der Waals surface area contributed by atoms with Crippen LogP contribution >= 0.6 is 0 Å². The van der Waals surface area contributed by atoms with E-state index in [2.05, 4.69) is 36.4 Å². The predicted octanol–water partition coefficient (Wildman–Crippen LogP) is 4.81. The number of aliphatic hydroxyl groups excluding tert-OH is 2. The fourth-order valence-electron chi connectivity index (χ4n) is 4.64. The van der Waals surface area contributed by atoms with Gasteiger partial charge in [0.1, 0.15) is 0 Å². The van der Waals surface area contributed by atoms with E-state index in [1.807, 2.05) is 31.2 Å². The zero-order valence-corrected chi connectivity index (χ0v) is 18.7. The third kappa shape index (κ3) is 5.21. The van der Waals surface area contributed by atoms with Crippen molar-refractivity contribution < 1.29 is 20.1 Å². The molecule has 4 rings (SSSR count). The van der Waals surface area contributed by atoms with Gasteiger partial charge in [0, 0.05) is 23.2 Å². The van der Waals surface area contributed by atoms with Gasteiger partial charge in [0.15, 0.2) is 0 Å². The van der Waals surface area contributed by atoms with Crippen LogP contribution in [-0.2, 0) is 17.6 Å². The van der Waals surface area contributed by atoms with Gasteiger partial charge < -0.3 is 15.3 Å². The van der Waals surface area contributed by atoms with Crippen molar-refractivity contribution >= 4 is 12.0 Å². The Balaban J connectivity index is 1.80. The SMILES string of the molecule is Cc1nc2c(c(-c3ccccc3)c1/C=C/[C@@H](O)C[C@@H](O)CC(=O)O)CCCc1ccccc1-2. The molecule has 2 atom stereocenters. The van der Waals surface area contributed by atoms with Crippen LogP contribution in [0.4, 0.5) is 0 Å². The highest BCUT2D eigenvalue weighted by atomic mass is 16.4.